The summed E-state index contributed by atoms with van der Waals surface area (Å²) in [7, 11) is -2.95. The van der Waals surface area contributed by atoms with Gasteiger partial charge in [-0.15, -0.1) is 10.3 Å². The number of hydrogen-bond donors (Lipinski definition) is 1. The first-order valence-corrected chi connectivity index (χ1v) is 14.3. The first-order chi connectivity index (χ1) is 19.0. The fourth-order valence-electron chi connectivity index (χ4n) is 5.40. The lowest BCUT2D eigenvalue weighted by Gasteiger charge is -2.39. The maximum absolute atomic E-state index is 14.1. The summed E-state index contributed by atoms with van der Waals surface area (Å²) in [5.41, 5.74) is 3.51. The largest absolute Gasteiger partial charge is 0.493 e. The molecule has 0 radical (unpaired) electrons. The standard InChI is InChI=1S/C30H27FN4O4S/c1-5-18-6-7-22-25(8-18)33-30-28(22)29(36)24-11-27(39-16-17(2)3)23(10-26(24)35(30)20-14-34(4)15-20)19-9-21(13-32-12-19)40(31,37)38/h1,6-13,17,20,33H,14-16H2,2-4H3. The van der Waals surface area contributed by atoms with Gasteiger partial charge < -0.3 is 19.2 Å². The van der Waals surface area contributed by atoms with Gasteiger partial charge in [0.15, 0.2) is 5.43 Å². The van der Waals surface area contributed by atoms with E-state index in [1.165, 1.54) is 12.3 Å². The second-order valence-corrected chi connectivity index (χ2v) is 12.1. The summed E-state index contributed by atoms with van der Waals surface area (Å²) in [6.07, 6.45) is 8.05. The fraction of sp³-hybridized carbons (Fsp3) is 0.267. The van der Waals surface area contributed by atoms with Crippen LogP contribution in [0.25, 0.3) is 44.0 Å². The molecule has 2 aromatic carbocycles. The zero-order valence-corrected chi connectivity index (χ0v) is 23.0. The second kappa shape index (κ2) is 9.47. The van der Waals surface area contributed by atoms with Gasteiger partial charge in [-0.3, -0.25) is 9.78 Å². The summed E-state index contributed by atoms with van der Waals surface area (Å²) in [6, 6.07) is 10.4. The van der Waals surface area contributed by atoms with Crippen molar-refractivity contribution >= 4 is 43.1 Å². The molecule has 6 rings (SSSR count). The van der Waals surface area contributed by atoms with Gasteiger partial charge in [0, 0.05) is 53.1 Å². The predicted octanol–water partition coefficient (Wildman–Crippen LogP) is 4.86. The molecule has 1 N–H and O–H groups in total. The molecule has 1 aliphatic heterocycles. The molecule has 4 heterocycles. The molecular formula is C30H27FN4O4S. The van der Waals surface area contributed by atoms with Gasteiger partial charge in [0.2, 0.25) is 0 Å². The first kappa shape index (κ1) is 26.0. The number of nitrogens with zero attached hydrogens (tertiary/aromatic N) is 3. The van der Waals surface area contributed by atoms with Crippen LogP contribution in [-0.2, 0) is 10.2 Å². The Hall–Kier alpha value is -4.20. The summed E-state index contributed by atoms with van der Waals surface area (Å²) >= 11 is 0. The van der Waals surface area contributed by atoms with Crippen LogP contribution < -0.4 is 10.2 Å². The second-order valence-electron chi connectivity index (χ2n) is 10.7. The number of nitrogens with one attached hydrogen (secondary N) is 1. The summed E-state index contributed by atoms with van der Waals surface area (Å²) < 4.78 is 45.5. The number of pyridine rings is 2. The Balaban J connectivity index is 1.72. The van der Waals surface area contributed by atoms with Crippen molar-refractivity contribution in [1.82, 2.24) is 19.4 Å². The van der Waals surface area contributed by atoms with Crippen LogP contribution in [-0.4, -0.2) is 54.6 Å². The lowest BCUT2D eigenvalue weighted by Crippen LogP contribution is -2.45. The smallest absolute Gasteiger partial charge is 0.333 e. The molecule has 0 bridgehead atoms. The Morgan fingerprint density at radius 3 is 2.62 bits per heavy atom. The molecule has 0 unspecified atom stereocenters. The highest BCUT2D eigenvalue weighted by molar-refractivity contribution is 7.86. The van der Waals surface area contributed by atoms with Crippen LogP contribution in [0.3, 0.4) is 0 Å². The number of H-pyrrole nitrogens is 1. The van der Waals surface area contributed by atoms with E-state index in [0.717, 1.165) is 30.2 Å². The highest BCUT2D eigenvalue weighted by atomic mass is 32.3. The Morgan fingerprint density at radius 2 is 1.95 bits per heavy atom. The van der Waals surface area contributed by atoms with Crippen LogP contribution in [0.5, 0.6) is 5.75 Å². The fourth-order valence-corrected chi connectivity index (χ4v) is 5.85. The molecular weight excluding hydrogens is 531 g/mol. The van der Waals surface area contributed by atoms with E-state index < -0.39 is 15.1 Å². The Kier molecular flexibility index (Phi) is 6.16. The van der Waals surface area contributed by atoms with E-state index in [4.69, 9.17) is 11.2 Å². The summed E-state index contributed by atoms with van der Waals surface area (Å²) in [5.74, 6) is 3.22. The number of hydrogen-bond acceptors (Lipinski definition) is 6. The molecule has 0 saturated carbocycles. The minimum absolute atomic E-state index is 0.0710. The zero-order chi connectivity index (χ0) is 28.3. The molecule has 0 aliphatic carbocycles. The Morgan fingerprint density at radius 1 is 1.18 bits per heavy atom. The van der Waals surface area contributed by atoms with Gasteiger partial charge in [-0.1, -0.05) is 25.8 Å². The maximum Gasteiger partial charge on any atom is 0.333 e. The molecule has 204 valence electrons. The topological polar surface area (TPSA) is 97.3 Å². The molecule has 10 heteroatoms. The molecule has 0 atom stereocenters. The van der Waals surface area contributed by atoms with Crippen molar-refractivity contribution in [2.75, 3.05) is 26.7 Å². The highest BCUT2D eigenvalue weighted by Crippen LogP contribution is 2.38. The minimum atomic E-state index is -4.98. The van der Waals surface area contributed by atoms with E-state index in [2.05, 4.69) is 25.4 Å². The molecule has 1 saturated heterocycles. The predicted molar refractivity (Wildman–Crippen MR) is 154 cm³/mol. The maximum atomic E-state index is 14.1. The third kappa shape index (κ3) is 4.31. The van der Waals surface area contributed by atoms with Crippen LogP contribution in [0.1, 0.15) is 25.5 Å². The van der Waals surface area contributed by atoms with Gasteiger partial charge in [-0.05, 0) is 43.3 Å². The quantitative estimate of drug-likeness (QED) is 0.236. The number of ether oxygens (including phenoxy) is 1. The highest BCUT2D eigenvalue weighted by Gasteiger charge is 2.30. The molecule has 5 aromatic rings. The van der Waals surface area contributed by atoms with Gasteiger partial charge in [-0.25, -0.2) is 0 Å². The zero-order valence-electron chi connectivity index (χ0n) is 22.2. The number of aromatic amines is 1. The van der Waals surface area contributed by atoms with E-state index in [0.29, 0.717) is 51.0 Å². The number of aromatic nitrogens is 3. The van der Waals surface area contributed by atoms with Crippen molar-refractivity contribution in [2.45, 2.75) is 24.8 Å². The number of fused-ring (bicyclic) bond motifs is 4. The monoisotopic (exact) mass is 558 g/mol. The van der Waals surface area contributed by atoms with Crippen LogP contribution in [0.4, 0.5) is 3.89 Å². The van der Waals surface area contributed by atoms with Gasteiger partial charge in [0.05, 0.1) is 28.9 Å². The molecule has 0 spiro atoms. The number of rotatable bonds is 6. The van der Waals surface area contributed by atoms with Gasteiger partial charge in [-0.2, -0.15) is 8.42 Å². The Bertz CT molecular complexity index is 2030. The van der Waals surface area contributed by atoms with Crippen molar-refractivity contribution in [3.63, 3.8) is 0 Å². The lowest BCUT2D eigenvalue weighted by atomic mass is 10.00. The Labute approximate surface area is 230 Å². The molecule has 8 nitrogen and oxygen atoms in total. The molecule has 40 heavy (non-hydrogen) atoms. The number of terminal acetylenes is 1. The normalized spacial score (nSPS) is 14.7. The van der Waals surface area contributed by atoms with Crippen LogP contribution in [0.15, 0.2) is 58.5 Å². The molecule has 1 fully saturated rings. The van der Waals surface area contributed by atoms with E-state index >= 15 is 0 Å². The summed E-state index contributed by atoms with van der Waals surface area (Å²) in [5, 5.41) is 1.81. The van der Waals surface area contributed by atoms with Gasteiger partial charge in [0.25, 0.3) is 0 Å². The number of likely N-dealkylation sites (tertiary alicyclic amines) is 1. The number of halogens is 1. The molecule has 0 amide bonds. The van der Waals surface area contributed by atoms with E-state index in [9.17, 15) is 17.1 Å². The SMILES string of the molecule is C#Cc1ccc2c(c1)[nH]c1c2c(=O)c2cc(OCC(C)C)c(-c3cncc(S(=O)(=O)F)c3)cc2n1C1CN(C)C1. The molecule has 3 aromatic heterocycles. The number of benzene rings is 2. The number of likely N-dealkylation sites (N-methyl/N-ethyl adjacent to an activating group) is 1. The molecule has 1 aliphatic rings. The van der Waals surface area contributed by atoms with E-state index in [-0.39, 0.29) is 17.4 Å². The van der Waals surface area contributed by atoms with Crippen molar-refractivity contribution < 1.29 is 17.0 Å². The van der Waals surface area contributed by atoms with E-state index in [1.807, 2.05) is 45.2 Å². The third-order valence-corrected chi connectivity index (χ3v) is 8.09. The van der Waals surface area contributed by atoms with Gasteiger partial charge in [0.1, 0.15) is 16.3 Å². The summed E-state index contributed by atoms with van der Waals surface area (Å²) in [4.78, 5) is 23.2. The van der Waals surface area contributed by atoms with Crippen LogP contribution >= 0.6 is 0 Å². The van der Waals surface area contributed by atoms with Gasteiger partial charge >= 0.3 is 10.2 Å². The average molecular weight is 559 g/mol. The minimum Gasteiger partial charge on any atom is -0.493 e. The summed E-state index contributed by atoms with van der Waals surface area (Å²) in [6.45, 7) is 5.90. The van der Waals surface area contributed by atoms with Crippen molar-refractivity contribution in [2.24, 2.45) is 5.92 Å². The third-order valence-electron chi connectivity index (χ3n) is 7.30. The van der Waals surface area contributed by atoms with E-state index in [1.54, 1.807) is 6.07 Å². The van der Waals surface area contributed by atoms with Crippen molar-refractivity contribution in [3.8, 4) is 29.2 Å². The van der Waals surface area contributed by atoms with Crippen LogP contribution in [0, 0.1) is 18.3 Å². The average Bonchev–Trinajstić information content (AvgIpc) is 3.28. The first-order valence-electron chi connectivity index (χ1n) is 12.9. The van der Waals surface area contributed by atoms with Crippen molar-refractivity contribution in [3.05, 3.63) is 64.6 Å². The van der Waals surface area contributed by atoms with Crippen LogP contribution in [0.2, 0.25) is 0 Å². The lowest BCUT2D eigenvalue weighted by molar-refractivity contribution is 0.146. The van der Waals surface area contributed by atoms with Crippen molar-refractivity contribution in [1.29, 1.82) is 0 Å².